The van der Waals surface area contributed by atoms with Crippen LogP contribution in [0.5, 0.6) is 11.5 Å². The van der Waals surface area contributed by atoms with Crippen molar-refractivity contribution in [3.8, 4) is 11.5 Å². The van der Waals surface area contributed by atoms with Crippen molar-refractivity contribution in [2.24, 2.45) is 4.99 Å². The number of nitrogens with zero attached hydrogens (tertiary/aromatic N) is 2. The minimum Gasteiger partial charge on any atom is -0.508 e. The van der Waals surface area contributed by atoms with Gasteiger partial charge in [0.1, 0.15) is 11.5 Å². The zero-order chi connectivity index (χ0) is 18.8. The topological polar surface area (TPSA) is 73.1 Å². The van der Waals surface area contributed by atoms with Gasteiger partial charge in [0, 0.05) is 18.2 Å². The summed E-state index contributed by atoms with van der Waals surface area (Å²) in [4.78, 5) is 19.5. The number of amides is 1. The molecular formula is C20H20N2O3S. The average molecular weight is 368 g/mol. The lowest BCUT2D eigenvalue weighted by atomic mass is 10.1. The van der Waals surface area contributed by atoms with Crippen molar-refractivity contribution in [3.05, 3.63) is 58.0 Å². The van der Waals surface area contributed by atoms with Gasteiger partial charge in [-0.15, -0.1) is 0 Å². The number of hydrogen-bond donors (Lipinski definition) is 2. The molecule has 1 heterocycles. The number of phenols is 2. The van der Waals surface area contributed by atoms with E-state index in [0.717, 1.165) is 16.8 Å². The SMILES string of the molecule is CCN1C(=O)/C(=C\c2ccc(O)cc2O)SC1=Nc1cc(C)ccc1C. The molecule has 26 heavy (non-hydrogen) atoms. The Balaban J connectivity index is 1.99. The molecule has 5 nitrogen and oxygen atoms in total. The fraction of sp³-hybridized carbons (Fsp3) is 0.200. The van der Waals surface area contributed by atoms with Crippen molar-refractivity contribution < 1.29 is 15.0 Å². The number of thioether (sulfide) groups is 1. The molecule has 3 rings (SSSR count). The van der Waals surface area contributed by atoms with Crippen molar-refractivity contribution in [1.29, 1.82) is 0 Å². The van der Waals surface area contributed by atoms with Crippen molar-refractivity contribution in [1.82, 2.24) is 4.90 Å². The van der Waals surface area contributed by atoms with Crippen molar-refractivity contribution in [3.63, 3.8) is 0 Å². The number of benzene rings is 2. The molecule has 1 aliphatic rings. The van der Waals surface area contributed by atoms with E-state index in [4.69, 9.17) is 4.99 Å². The first kappa shape index (κ1) is 18.1. The van der Waals surface area contributed by atoms with Gasteiger partial charge in [0.15, 0.2) is 5.17 Å². The molecule has 2 aromatic carbocycles. The molecule has 6 heteroatoms. The van der Waals surface area contributed by atoms with E-state index in [1.54, 1.807) is 17.0 Å². The monoisotopic (exact) mass is 368 g/mol. The Morgan fingerprint density at radius 1 is 1.15 bits per heavy atom. The highest BCUT2D eigenvalue weighted by Crippen LogP contribution is 2.36. The van der Waals surface area contributed by atoms with E-state index in [9.17, 15) is 15.0 Å². The smallest absolute Gasteiger partial charge is 0.266 e. The van der Waals surface area contributed by atoms with Crippen LogP contribution in [0.25, 0.3) is 6.08 Å². The molecule has 2 N–H and O–H groups in total. The highest BCUT2D eigenvalue weighted by atomic mass is 32.2. The number of hydrogen-bond acceptors (Lipinski definition) is 5. The zero-order valence-electron chi connectivity index (χ0n) is 14.9. The number of amidine groups is 1. The number of aryl methyl sites for hydroxylation is 2. The zero-order valence-corrected chi connectivity index (χ0v) is 15.7. The standard InChI is InChI=1S/C20H20N2O3S/c1-4-22-19(25)18(10-14-7-8-15(23)11-17(14)24)26-20(22)21-16-9-12(2)5-6-13(16)3/h5-11,23-24H,4H2,1-3H3/b18-10+,21-20?. The number of likely N-dealkylation sites (N-methyl/N-ethyl adjacent to an activating group) is 1. The van der Waals surface area contributed by atoms with Crippen molar-refractivity contribution in [2.45, 2.75) is 20.8 Å². The summed E-state index contributed by atoms with van der Waals surface area (Å²) in [5.74, 6) is -0.245. The third kappa shape index (κ3) is 3.60. The van der Waals surface area contributed by atoms with E-state index in [1.807, 2.05) is 39.0 Å². The van der Waals surface area contributed by atoms with Gasteiger partial charge in [-0.2, -0.15) is 0 Å². The molecule has 0 radical (unpaired) electrons. The van der Waals surface area contributed by atoms with Gasteiger partial charge in [0.2, 0.25) is 0 Å². The first-order valence-corrected chi connectivity index (χ1v) is 9.10. The Bertz CT molecular complexity index is 935. The molecule has 0 aromatic heterocycles. The molecule has 1 amide bonds. The van der Waals surface area contributed by atoms with Gasteiger partial charge in [-0.1, -0.05) is 12.1 Å². The van der Waals surface area contributed by atoms with Crippen LogP contribution in [0.1, 0.15) is 23.6 Å². The maximum Gasteiger partial charge on any atom is 0.266 e. The second-order valence-electron chi connectivity index (χ2n) is 6.09. The first-order valence-electron chi connectivity index (χ1n) is 8.28. The predicted octanol–water partition coefficient (Wildman–Crippen LogP) is 4.34. The summed E-state index contributed by atoms with van der Waals surface area (Å²) >= 11 is 1.28. The molecule has 1 aliphatic heterocycles. The van der Waals surface area contributed by atoms with Crippen LogP contribution >= 0.6 is 11.8 Å². The number of carbonyl (C=O) groups is 1. The maximum atomic E-state index is 12.7. The van der Waals surface area contributed by atoms with Crippen LogP contribution in [0.15, 0.2) is 46.3 Å². The lowest BCUT2D eigenvalue weighted by Crippen LogP contribution is -2.28. The van der Waals surface area contributed by atoms with Crippen LogP contribution in [0.3, 0.4) is 0 Å². The van der Waals surface area contributed by atoms with Crippen LogP contribution in [-0.2, 0) is 4.79 Å². The Morgan fingerprint density at radius 3 is 2.62 bits per heavy atom. The molecule has 134 valence electrons. The van der Waals surface area contributed by atoms with Crippen LogP contribution in [0, 0.1) is 13.8 Å². The van der Waals surface area contributed by atoms with Gasteiger partial charge in [0.05, 0.1) is 10.6 Å². The van der Waals surface area contributed by atoms with Crippen LogP contribution in [0.2, 0.25) is 0 Å². The summed E-state index contributed by atoms with van der Waals surface area (Å²) in [6.07, 6.45) is 1.62. The summed E-state index contributed by atoms with van der Waals surface area (Å²) in [6.45, 7) is 6.40. The molecule has 0 atom stereocenters. The largest absolute Gasteiger partial charge is 0.508 e. The van der Waals surface area contributed by atoms with Gasteiger partial charge in [-0.3, -0.25) is 9.69 Å². The van der Waals surface area contributed by atoms with Gasteiger partial charge in [-0.05, 0) is 67.9 Å². The lowest BCUT2D eigenvalue weighted by molar-refractivity contribution is -0.122. The van der Waals surface area contributed by atoms with Crippen molar-refractivity contribution >= 4 is 34.6 Å². The van der Waals surface area contributed by atoms with E-state index >= 15 is 0 Å². The molecular weight excluding hydrogens is 348 g/mol. The third-order valence-electron chi connectivity index (χ3n) is 4.09. The first-order chi connectivity index (χ1) is 12.4. The molecule has 0 saturated carbocycles. The summed E-state index contributed by atoms with van der Waals surface area (Å²) in [5, 5.41) is 20.0. The number of aromatic hydroxyl groups is 2. The van der Waals surface area contributed by atoms with Crippen LogP contribution < -0.4 is 0 Å². The number of rotatable bonds is 3. The van der Waals surface area contributed by atoms with Gasteiger partial charge in [-0.25, -0.2) is 4.99 Å². The fourth-order valence-corrected chi connectivity index (χ4v) is 3.65. The third-order valence-corrected chi connectivity index (χ3v) is 5.09. The van der Waals surface area contributed by atoms with Crippen LogP contribution in [0.4, 0.5) is 5.69 Å². The van der Waals surface area contributed by atoms with Crippen LogP contribution in [-0.4, -0.2) is 32.7 Å². The average Bonchev–Trinajstić information content (AvgIpc) is 2.88. The van der Waals surface area contributed by atoms with Gasteiger partial charge in [0.25, 0.3) is 5.91 Å². The Morgan fingerprint density at radius 2 is 1.92 bits per heavy atom. The van der Waals surface area contributed by atoms with E-state index in [-0.39, 0.29) is 17.4 Å². The van der Waals surface area contributed by atoms with Gasteiger partial charge < -0.3 is 10.2 Å². The molecule has 0 bridgehead atoms. The molecule has 1 fully saturated rings. The molecule has 0 aliphatic carbocycles. The van der Waals surface area contributed by atoms with E-state index in [1.165, 1.54) is 23.9 Å². The van der Waals surface area contributed by atoms with E-state index in [2.05, 4.69) is 0 Å². The fourth-order valence-electron chi connectivity index (χ4n) is 2.61. The van der Waals surface area contributed by atoms with E-state index < -0.39 is 0 Å². The second kappa shape index (κ2) is 7.25. The highest BCUT2D eigenvalue weighted by Gasteiger charge is 2.32. The predicted molar refractivity (Wildman–Crippen MR) is 106 cm³/mol. The summed E-state index contributed by atoms with van der Waals surface area (Å²) in [7, 11) is 0. The minimum atomic E-state index is -0.144. The summed E-state index contributed by atoms with van der Waals surface area (Å²) < 4.78 is 0. The Kier molecular flexibility index (Phi) is 5.04. The molecule has 1 saturated heterocycles. The number of carbonyl (C=O) groups excluding carboxylic acids is 1. The molecule has 0 unspecified atom stereocenters. The molecule has 2 aromatic rings. The Hall–Kier alpha value is -2.73. The lowest BCUT2D eigenvalue weighted by Gasteiger charge is -2.12. The van der Waals surface area contributed by atoms with Crippen molar-refractivity contribution in [2.75, 3.05) is 6.54 Å². The minimum absolute atomic E-state index is 0.0255. The number of phenolic OH excluding ortho intramolecular Hbond substituents is 2. The Labute approximate surface area is 156 Å². The summed E-state index contributed by atoms with van der Waals surface area (Å²) in [6, 6.07) is 10.3. The highest BCUT2D eigenvalue weighted by molar-refractivity contribution is 8.18. The molecule has 0 spiro atoms. The normalized spacial score (nSPS) is 17.5. The summed E-state index contributed by atoms with van der Waals surface area (Å²) in [5.41, 5.74) is 3.47. The van der Waals surface area contributed by atoms with E-state index in [0.29, 0.717) is 22.2 Å². The van der Waals surface area contributed by atoms with Gasteiger partial charge >= 0.3 is 0 Å². The number of aliphatic imine (C=N–C) groups is 1. The maximum absolute atomic E-state index is 12.7. The quantitative estimate of drug-likeness (QED) is 0.791. The second-order valence-corrected chi connectivity index (χ2v) is 7.10.